The largest absolute Gasteiger partial charge is 0.507 e. The van der Waals surface area contributed by atoms with Gasteiger partial charge in [-0.25, -0.2) is 0 Å². The number of hydrogen-bond acceptors (Lipinski definition) is 4. The number of furan rings is 1. The fourth-order valence-corrected chi connectivity index (χ4v) is 2.19. The monoisotopic (exact) mass is 269 g/mol. The van der Waals surface area contributed by atoms with Gasteiger partial charge in [-0.2, -0.15) is 0 Å². The maximum Gasteiger partial charge on any atom is 0.293 e. The SMILES string of the molecule is O=C1NC(c2ccco2)C(=C(O)c2ccccc2)C1=O. The third-order valence-electron chi connectivity index (χ3n) is 3.15. The van der Waals surface area contributed by atoms with Crippen molar-refractivity contribution >= 4 is 17.4 Å². The lowest BCUT2D eigenvalue weighted by molar-refractivity contribution is -0.133. The molecule has 100 valence electrons. The van der Waals surface area contributed by atoms with Crippen LogP contribution in [0.1, 0.15) is 17.4 Å². The Balaban J connectivity index is 2.13. The molecule has 0 aliphatic carbocycles. The molecule has 5 nitrogen and oxygen atoms in total. The van der Waals surface area contributed by atoms with Crippen LogP contribution in [0.3, 0.4) is 0 Å². The van der Waals surface area contributed by atoms with Gasteiger partial charge in [0.05, 0.1) is 11.8 Å². The summed E-state index contributed by atoms with van der Waals surface area (Å²) in [5, 5.41) is 12.8. The van der Waals surface area contributed by atoms with Crippen molar-refractivity contribution in [3.8, 4) is 0 Å². The van der Waals surface area contributed by atoms with Crippen LogP contribution in [0, 0.1) is 0 Å². The second kappa shape index (κ2) is 4.70. The lowest BCUT2D eigenvalue weighted by atomic mass is 10.00. The topological polar surface area (TPSA) is 79.5 Å². The Morgan fingerprint density at radius 2 is 1.85 bits per heavy atom. The van der Waals surface area contributed by atoms with E-state index < -0.39 is 17.7 Å². The number of Topliss-reactive ketones (excluding diaryl/α,β-unsaturated/α-hetero) is 1. The van der Waals surface area contributed by atoms with Gasteiger partial charge in [0.1, 0.15) is 17.6 Å². The maximum atomic E-state index is 12.0. The standard InChI is InChI=1S/C15H11NO4/c17-13(9-5-2-1-3-6-9)11-12(10-7-4-8-20-10)16-15(19)14(11)18/h1-8,12,17H,(H,16,19). The number of carbonyl (C=O) groups excluding carboxylic acids is 2. The number of aliphatic hydroxyl groups is 1. The van der Waals surface area contributed by atoms with Crippen molar-refractivity contribution in [2.75, 3.05) is 0 Å². The molecular weight excluding hydrogens is 258 g/mol. The summed E-state index contributed by atoms with van der Waals surface area (Å²) >= 11 is 0. The molecule has 0 radical (unpaired) electrons. The first-order valence-electron chi connectivity index (χ1n) is 6.05. The van der Waals surface area contributed by atoms with Gasteiger partial charge in [-0.1, -0.05) is 30.3 Å². The van der Waals surface area contributed by atoms with Crippen LogP contribution >= 0.6 is 0 Å². The van der Waals surface area contributed by atoms with Crippen molar-refractivity contribution in [1.82, 2.24) is 5.32 Å². The van der Waals surface area contributed by atoms with Crippen LogP contribution < -0.4 is 5.32 Å². The molecule has 2 N–H and O–H groups in total. The van der Waals surface area contributed by atoms with Crippen LogP contribution in [-0.4, -0.2) is 16.8 Å². The molecular formula is C15H11NO4. The van der Waals surface area contributed by atoms with Crippen molar-refractivity contribution in [2.45, 2.75) is 6.04 Å². The highest BCUT2D eigenvalue weighted by atomic mass is 16.3. The smallest absolute Gasteiger partial charge is 0.293 e. The Hall–Kier alpha value is -2.82. The number of nitrogens with one attached hydrogen (secondary N) is 1. The van der Waals surface area contributed by atoms with Crippen molar-refractivity contribution in [3.63, 3.8) is 0 Å². The fourth-order valence-electron chi connectivity index (χ4n) is 2.19. The van der Waals surface area contributed by atoms with Gasteiger partial charge in [0, 0.05) is 5.56 Å². The molecule has 1 aliphatic heterocycles. The minimum absolute atomic E-state index is 0.0103. The molecule has 1 aromatic heterocycles. The van der Waals surface area contributed by atoms with Gasteiger partial charge < -0.3 is 14.8 Å². The van der Waals surface area contributed by atoms with Crippen LogP contribution in [0.5, 0.6) is 0 Å². The van der Waals surface area contributed by atoms with Gasteiger partial charge in [0.2, 0.25) is 0 Å². The zero-order valence-corrected chi connectivity index (χ0v) is 10.4. The normalized spacial score (nSPS) is 20.9. The highest BCUT2D eigenvalue weighted by Crippen LogP contribution is 2.32. The lowest BCUT2D eigenvalue weighted by Gasteiger charge is -2.10. The first kappa shape index (κ1) is 12.2. The molecule has 1 atom stereocenters. The van der Waals surface area contributed by atoms with Gasteiger partial charge in [0.15, 0.2) is 0 Å². The number of rotatable bonds is 2. The van der Waals surface area contributed by atoms with Crippen LogP contribution in [0.2, 0.25) is 0 Å². The third kappa shape index (κ3) is 1.89. The van der Waals surface area contributed by atoms with E-state index in [-0.39, 0.29) is 11.3 Å². The zero-order chi connectivity index (χ0) is 14.1. The first-order chi connectivity index (χ1) is 9.68. The summed E-state index contributed by atoms with van der Waals surface area (Å²) in [6.45, 7) is 0. The third-order valence-corrected chi connectivity index (χ3v) is 3.15. The van der Waals surface area contributed by atoms with E-state index in [4.69, 9.17) is 4.42 Å². The highest BCUT2D eigenvalue weighted by Gasteiger charge is 2.40. The Bertz CT molecular complexity index is 686. The van der Waals surface area contributed by atoms with Crippen molar-refractivity contribution < 1.29 is 19.1 Å². The van der Waals surface area contributed by atoms with E-state index in [0.29, 0.717) is 11.3 Å². The number of ketones is 1. The molecule has 20 heavy (non-hydrogen) atoms. The Kier molecular flexibility index (Phi) is 2.87. The van der Waals surface area contributed by atoms with Crippen LogP contribution in [0.25, 0.3) is 5.76 Å². The van der Waals surface area contributed by atoms with Gasteiger partial charge in [0.25, 0.3) is 11.7 Å². The minimum atomic E-state index is -0.759. The Labute approximate surface area is 114 Å². The van der Waals surface area contributed by atoms with Crippen molar-refractivity contribution in [3.05, 3.63) is 65.6 Å². The predicted octanol–water partition coefficient (Wildman–Crippen LogP) is 1.99. The van der Waals surface area contributed by atoms with E-state index >= 15 is 0 Å². The molecule has 0 bridgehead atoms. The van der Waals surface area contributed by atoms with E-state index in [1.165, 1.54) is 6.26 Å². The summed E-state index contributed by atoms with van der Waals surface area (Å²) in [6, 6.07) is 11.1. The summed E-state index contributed by atoms with van der Waals surface area (Å²) in [5.41, 5.74) is 0.486. The Morgan fingerprint density at radius 3 is 2.50 bits per heavy atom. The van der Waals surface area contributed by atoms with Crippen LogP contribution in [0.15, 0.2) is 58.7 Å². The molecule has 1 fully saturated rings. The maximum absolute atomic E-state index is 12.0. The van der Waals surface area contributed by atoms with Crippen LogP contribution in [-0.2, 0) is 9.59 Å². The van der Waals surface area contributed by atoms with Gasteiger partial charge in [-0.15, -0.1) is 0 Å². The molecule has 1 aliphatic rings. The molecule has 2 heterocycles. The average molecular weight is 269 g/mol. The number of carbonyl (C=O) groups is 2. The molecule has 0 spiro atoms. The van der Waals surface area contributed by atoms with E-state index in [9.17, 15) is 14.7 Å². The van der Waals surface area contributed by atoms with Gasteiger partial charge in [-0.05, 0) is 12.1 Å². The second-order valence-electron chi connectivity index (χ2n) is 4.38. The summed E-state index contributed by atoms with van der Waals surface area (Å²) < 4.78 is 5.22. The van der Waals surface area contributed by atoms with E-state index in [2.05, 4.69) is 5.32 Å². The molecule has 5 heteroatoms. The molecule has 0 saturated carbocycles. The zero-order valence-electron chi connectivity index (χ0n) is 10.4. The molecule has 1 amide bonds. The second-order valence-corrected chi connectivity index (χ2v) is 4.38. The molecule has 2 aromatic rings. The number of amides is 1. The molecule has 1 aromatic carbocycles. The summed E-state index contributed by atoms with van der Waals surface area (Å²) in [6.07, 6.45) is 1.45. The van der Waals surface area contributed by atoms with E-state index in [1.54, 1.807) is 42.5 Å². The van der Waals surface area contributed by atoms with Gasteiger partial charge >= 0.3 is 0 Å². The summed E-state index contributed by atoms with van der Waals surface area (Å²) in [7, 11) is 0. The lowest BCUT2D eigenvalue weighted by Crippen LogP contribution is -2.20. The van der Waals surface area contributed by atoms with Crippen molar-refractivity contribution in [1.29, 1.82) is 0 Å². The Morgan fingerprint density at radius 1 is 1.10 bits per heavy atom. The minimum Gasteiger partial charge on any atom is -0.507 e. The van der Waals surface area contributed by atoms with Crippen molar-refractivity contribution in [2.24, 2.45) is 0 Å². The number of hydrogen-bond donors (Lipinski definition) is 2. The fraction of sp³-hybridized carbons (Fsp3) is 0.0667. The summed E-state index contributed by atoms with van der Waals surface area (Å²) in [4.78, 5) is 23.5. The molecule has 1 saturated heterocycles. The average Bonchev–Trinajstić information content (AvgIpc) is 3.09. The number of aliphatic hydroxyl groups excluding tert-OH is 1. The van der Waals surface area contributed by atoms with Gasteiger partial charge in [-0.3, -0.25) is 9.59 Å². The summed E-state index contributed by atoms with van der Waals surface area (Å²) in [5.74, 6) is -1.30. The first-order valence-corrected chi connectivity index (χ1v) is 6.05. The molecule has 3 rings (SSSR count). The highest BCUT2D eigenvalue weighted by molar-refractivity contribution is 6.46. The predicted molar refractivity (Wildman–Crippen MR) is 70.6 cm³/mol. The van der Waals surface area contributed by atoms with E-state index in [0.717, 1.165) is 0 Å². The van der Waals surface area contributed by atoms with Crippen LogP contribution in [0.4, 0.5) is 0 Å². The molecule has 1 unspecified atom stereocenters. The van der Waals surface area contributed by atoms with E-state index in [1.807, 2.05) is 0 Å². The number of benzene rings is 1. The quantitative estimate of drug-likeness (QED) is 0.496.